The van der Waals surface area contributed by atoms with Crippen LogP contribution in [0.25, 0.3) is 0 Å². The zero-order valence-electron chi connectivity index (χ0n) is 19.0. The molecule has 3 nitrogen and oxygen atoms in total. The number of Topliss-reactive ketones (excluding diaryl/α,β-unsaturated/α-hetero) is 1. The molecule has 2 rings (SSSR count). The summed E-state index contributed by atoms with van der Waals surface area (Å²) in [6.45, 7) is 16.2. The normalized spacial score (nSPS) is 14.5. The van der Waals surface area contributed by atoms with Gasteiger partial charge in [0, 0.05) is 23.0 Å². The van der Waals surface area contributed by atoms with Crippen molar-refractivity contribution in [2.75, 3.05) is 0 Å². The maximum Gasteiger partial charge on any atom is 0.147 e. The van der Waals surface area contributed by atoms with E-state index in [4.69, 9.17) is 0 Å². The topological polar surface area (TPSA) is 57.5 Å². The molecule has 0 aliphatic carbocycles. The Labute approximate surface area is 197 Å². The highest BCUT2D eigenvalue weighted by Crippen LogP contribution is 2.42. The minimum Gasteiger partial charge on any atom is -0.506 e. The molecule has 5 heteroatoms. The van der Waals surface area contributed by atoms with Gasteiger partial charge in [-0.3, -0.25) is 4.79 Å². The lowest BCUT2D eigenvalue weighted by molar-refractivity contribution is -0.121. The monoisotopic (exact) mass is 538 g/mol. The largest absolute Gasteiger partial charge is 0.506 e. The molecule has 0 spiro atoms. The van der Waals surface area contributed by atoms with Gasteiger partial charge < -0.3 is 10.2 Å². The zero-order chi connectivity index (χ0) is 23.2. The van der Waals surface area contributed by atoms with Crippen molar-refractivity contribution >= 4 is 37.6 Å². The van der Waals surface area contributed by atoms with E-state index in [1.807, 2.05) is 38.1 Å². The molecule has 0 fully saturated rings. The predicted molar refractivity (Wildman–Crippen MR) is 131 cm³/mol. The van der Waals surface area contributed by atoms with E-state index in [9.17, 15) is 15.0 Å². The first-order valence-electron chi connectivity index (χ1n) is 10.1. The highest BCUT2D eigenvalue weighted by Gasteiger charge is 2.30. The molecular weight excluding hydrogens is 508 g/mol. The number of phenolic OH excluding ortho intramolecular Hbond substituents is 2. The number of benzene rings is 2. The molecule has 0 saturated heterocycles. The molecule has 30 heavy (non-hydrogen) atoms. The summed E-state index contributed by atoms with van der Waals surface area (Å²) in [6.07, 6.45) is 0. The Balaban J connectivity index is 2.52. The third-order valence-corrected chi connectivity index (χ3v) is 6.91. The zero-order valence-corrected chi connectivity index (χ0v) is 22.2. The van der Waals surface area contributed by atoms with Crippen molar-refractivity contribution in [3.05, 3.63) is 55.5 Å². The maximum absolute atomic E-state index is 13.4. The van der Waals surface area contributed by atoms with E-state index < -0.39 is 11.8 Å². The number of hydrogen-bond donors (Lipinski definition) is 2. The van der Waals surface area contributed by atoms with Crippen LogP contribution in [-0.4, -0.2) is 16.0 Å². The predicted octanol–water partition coefficient (Wildman–Crippen LogP) is 7.69. The van der Waals surface area contributed by atoms with E-state index in [2.05, 4.69) is 73.4 Å². The number of ketones is 1. The molecule has 164 valence electrons. The molecule has 2 aromatic rings. The Morgan fingerprint density at radius 3 is 1.30 bits per heavy atom. The minimum absolute atomic E-state index is 0.0588. The molecule has 0 saturated carbocycles. The Kier molecular flexibility index (Phi) is 7.20. The average molecular weight is 540 g/mol. The van der Waals surface area contributed by atoms with Crippen molar-refractivity contribution in [3.8, 4) is 11.5 Å². The van der Waals surface area contributed by atoms with Crippen molar-refractivity contribution in [2.24, 2.45) is 0 Å². The first kappa shape index (κ1) is 24.9. The maximum atomic E-state index is 13.4. The van der Waals surface area contributed by atoms with Crippen molar-refractivity contribution < 1.29 is 15.0 Å². The Hall–Kier alpha value is -1.33. The standard InChI is InChI=1S/C25H32Br2O3/c1-13(17-9-15(24(3,4)5)11-19(26)22(17)29)21(28)14(2)18-10-16(25(6,7)8)12-20(27)23(18)30/h9-14,29-30H,1-8H3. The van der Waals surface area contributed by atoms with Gasteiger partial charge in [-0.1, -0.05) is 67.5 Å². The van der Waals surface area contributed by atoms with Gasteiger partial charge in [0.05, 0.1) is 8.95 Å². The summed E-state index contributed by atoms with van der Waals surface area (Å²) < 4.78 is 1.16. The van der Waals surface area contributed by atoms with Gasteiger partial charge in [0.15, 0.2) is 0 Å². The molecule has 0 bridgehead atoms. The number of halogens is 2. The van der Waals surface area contributed by atoms with Crippen LogP contribution in [0.15, 0.2) is 33.2 Å². The summed E-state index contributed by atoms with van der Waals surface area (Å²) in [5.41, 5.74) is 3.02. The molecule has 0 aromatic heterocycles. The van der Waals surface area contributed by atoms with Crippen molar-refractivity contribution in [1.29, 1.82) is 0 Å². The number of carbonyl (C=O) groups excluding carboxylic acids is 1. The summed E-state index contributed by atoms with van der Waals surface area (Å²) >= 11 is 6.87. The van der Waals surface area contributed by atoms with Crippen molar-refractivity contribution in [2.45, 2.75) is 78.1 Å². The number of aromatic hydroxyl groups is 2. The van der Waals surface area contributed by atoms with Crippen LogP contribution in [0.1, 0.15) is 89.5 Å². The van der Waals surface area contributed by atoms with Crippen molar-refractivity contribution in [1.82, 2.24) is 0 Å². The Bertz CT molecular complexity index is 888. The van der Waals surface area contributed by atoms with E-state index >= 15 is 0 Å². The van der Waals surface area contributed by atoms with E-state index in [1.54, 1.807) is 0 Å². The van der Waals surface area contributed by atoms with Crippen LogP contribution in [0, 0.1) is 0 Å². The number of rotatable bonds is 4. The van der Waals surface area contributed by atoms with Gasteiger partial charge in [-0.2, -0.15) is 0 Å². The second-order valence-electron chi connectivity index (χ2n) is 10.1. The third-order valence-electron chi connectivity index (χ3n) is 5.70. The van der Waals surface area contributed by atoms with Gasteiger partial charge in [0.2, 0.25) is 0 Å². The molecule has 0 radical (unpaired) electrons. The number of hydrogen-bond acceptors (Lipinski definition) is 3. The lowest BCUT2D eigenvalue weighted by Gasteiger charge is -2.25. The average Bonchev–Trinajstić information content (AvgIpc) is 2.62. The summed E-state index contributed by atoms with van der Waals surface area (Å²) in [5.74, 6) is -0.948. The third kappa shape index (κ3) is 5.11. The second kappa shape index (κ2) is 8.66. The van der Waals surface area contributed by atoms with Crippen LogP contribution in [0.5, 0.6) is 11.5 Å². The van der Waals surface area contributed by atoms with Crippen LogP contribution in [-0.2, 0) is 15.6 Å². The molecule has 0 heterocycles. The molecule has 0 aliphatic rings. The second-order valence-corrected chi connectivity index (χ2v) is 11.8. The SMILES string of the molecule is CC(C(=O)C(C)c1cc(C(C)(C)C)cc(Br)c1O)c1cc(C(C)(C)C)cc(Br)c1O. The van der Waals surface area contributed by atoms with Gasteiger partial charge in [-0.05, 0) is 65.9 Å². The quantitative estimate of drug-likeness (QED) is 0.418. The van der Waals surface area contributed by atoms with E-state index in [0.29, 0.717) is 20.1 Å². The highest BCUT2D eigenvalue weighted by molar-refractivity contribution is 9.10. The van der Waals surface area contributed by atoms with E-state index in [1.165, 1.54) is 0 Å². The summed E-state index contributed by atoms with van der Waals surface area (Å²) in [5, 5.41) is 21.3. The molecule has 2 unspecified atom stereocenters. The van der Waals surface area contributed by atoms with Gasteiger partial charge in [0.1, 0.15) is 17.3 Å². The van der Waals surface area contributed by atoms with Gasteiger partial charge >= 0.3 is 0 Å². The van der Waals surface area contributed by atoms with E-state index in [0.717, 1.165) is 11.1 Å². The van der Waals surface area contributed by atoms with Gasteiger partial charge in [-0.25, -0.2) is 0 Å². The fraction of sp³-hybridized carbons (Fsp3) is 0.480. The highest BCUT2D eigenvalue weighted by atomic mass is 79.9. The molecule has 0 aliphatic heterocycles. The summed E-state index contributed by atoms with van der Waals surface area (Å²) in [6, 6.07) is 7.62. The van der Waals surface area contributed by atoms with Crippen LogP contribution in [0.3, 0.4) is 0 Å². The molecule has 2 atom stereocenters. The molecular formula is C25H32Br2O3. The first-order chi connectivity index (χ1) is 13.6. The number of phenols is 2. The molecule has 2 N–H and O–H groups in total. The lowest BCUT2D eigenvalue weighted by atomic mass is 9.79. The van der Waals surface area contributed by atoms with Crippen LogP contribution in [0.4, 0.5) is 0 Å². The first-order valence-corrected chi connectivity index (χ1v) is 11.7. The van der Waals surface area contributed by atoms with Crippen LogP contribution >= 0.6 is 31.9 Å². The molecule has 2 aromatic carbocycles. The Morgan fingerprint density at radius 1 is 0.733 bits per heavy atom. The smallest absolute Gasteiger partial charge is 0.147 e. The fourth-order valence-corrected chi connectivity index (χ4v) is 4.40. The minimum atomic E-state index is -0.532. The van der Waals surface area contributed by atoms with Gasteiger partial charge in [0.25, 0.3) is 0 Å². The number of carbonyl (C=O) groups is 1. The van der Waals surface area contributed by atoms with Crippen molar-refractivity contribution in [3.63, 3.8) is 0 Å². The van der Waals surface area contributed by atoms with E-state index in [-0.39, 0.29) is 28.1 Å². The molecule has 0 amide bonds. The summed E-state index contributed by atoms with van der Waals surface area (Å²) in [4.78, 5) is 13.4. The lowest BCUT2D eigenvalue weighted by Crippen LogP contribution is -2.19. The summed E-state index contributed by atoms with van der Waals surface area (Å²) in [7, 11) is 0. The van der Waals surface area contributed by atoms with Gasteiger partial charge in [-0.15, -0.1) is 0 Å². The van der Waals surface area contributed by atoms with Crippen LogP contribution < -0.4 is 0 Å². The van der Waals surface area contributed by atoms with Crippen LogP contribution in [0.2, 0.25) is 0 Å². The fourth-order valence-electron chi connectivity index (χ4n) is 3.45. The Morgan fingerprint density at radius 2 is 1.03 bits per heavy atom.